The molecule has 5 nitrogen and oxygen atoms in total. The summed E-state index contributed by atoms with van der Waals surface area (Å²) in [5.74, 6) is 0.101. The molecule has 0 aliphatic rings. The van der Waals surface area contributed by atoms with E-state index in [0.29, 0.717) is 5.56 Å². The molecule has 0 bridgehead atoms. The molecule has 2 atom stereocenters. The van der Waals surface area contributed by atoms with Gasteiger partial charge in [-0.3, -0.25) is 15.1 Å². The van der Waals surface area contributed by atoms with E-state index >= 15 is 0 Å². The van der Waals surface area contributed by atoms with Crippen LogP contribution in [0.5, 0.6) is 0 Å². The fourth-order valence-corrected chi connectivity index (χ4v) is 1.28. The van der Waals surface area contributed by atoms with Crippen LogP contribution in [0, 0.1) is 17.0 Å². The number of pyridine rings is 1. The Morgan fingerprint density at radius 1 is 1.53 bits per heavy atom. The van der Waals surface area contributed by atoms with Gasteiger partial charge in [-0.05, 0) is 19.9 Å². The molecule has 0 radical (unpaired) electrons. The van der Waals surface area contributed by atoms with Gasteiger partial charge in [0.25, 0.3) is 5.69 Å². The van der Waals surface area contributed by atoms with Crippen molar-refractivity contribution in [1.82, 2.24) is 4.98 Å². The molecule has 0 spiro atoms. The minimum absolute atomic E-state index is 0.0154. The van der Waals surface area contributed by atoms with Crippen LogP contribution in [0.4, 0.5) is 5.69 Å². The molecular weight excluding hydrogens is 194 g/mol. The van der Waals surface area contributed by atoms with Gasteiger partial charge >= 0.3 is 0 Å². The van der Waals surface area contributed by atoms with E-state index in [4.69, 9.17) is 5.73 Å². The molecule has 1 aromatic heterocycles. The number of aryl methyl sites for hydroxylation is 1. The van der Waals surface area contributed by atoms with Gasteiger partial charge < -0.3 is 5.73 Å². The molecule has 2 N–H and O–H groups in total. The molecule has 0 aliphatic carbocycles. The predicted molar refractivity (Wildman–Crippen MR) is 57.7 cm³/mol. The van der Waals surface area contributed by atoms with Gasteiger partial charge in [0.1, 0.15) is 6.20 Å². The first kappa shape index (κ1) is 11.6. The van der Waals surface area contributed by atoms with Crippen molar-refractivity contribution in [2.75, 3.05) is 0 Å². The summed E-state index contributed by atoms with van der Waals surface area (Å²) in [7, 11) is 0. The number of aromatic nitrogens is 1. The third-order valence-electron chi connectivity index (χ3n) is 2.56. The molecule has 15 heavy (non-hydrogen) atoms. The van der Waals surface area contributed by atoms with Gasteiger partial charge in [-0.1, -0.05) is 6.92 Å². The quantitative estimate of drug-likeness (QED) is 0.607. The lowest BCUT2D eigenvalue weighted by Crippen LogP contribution is -2.23. The van der Waals surface area contributed by atoms with E-state index in [1.807, 2.05) is 13.8 Å². The van der Waals surface area contributed by atoms with Crippen LogP contribution >= 0.6 is 0 Å². The Morgan fingerprint density at radius 2 is 2.13 bits per heavy atom. The van der Waals surface area contributed by atoms with Crippen molar-refractivity contribution in [2.24, 2.45) is 5.73 Å². The third kappa shape index (κ3) is 2.50. The zero-order valence-corrected chi connectivity index (χ0v) is 9.10. The molecular formula is C10H15N3O2. The second-order valence-corrected chi connectivity index (χ2v) is 3.80. The summed E-state index contributed by atoms with van der Waals surface area (Å²) < 4.78 is 0. The van der Waals surface area contributed by atoms with E-state index in [2.05, 4.69) is 4.98 Å². The highest BCUT2D eigenvalue weighted by Gasteiger charge is 2.16. The number of nitrogens with zero attached hydrogens (tertiary/aromatic N) is 2. The fourth-order valence-electron chi connectivity index (χ4n) is 1.28. The van der Waals surface area contributed by atoms with Gasteiger partial charge in [-0.25, -0.2) is 0 Å². The second-order valence-electron chi connectivity index (χ2n) is 3.80. The van der Waals surface area contributed by atoms with Crippen molar-refractivity contribution in [3.63, 3.8) is 0 Å². The van der Waals surface area contributed by atoms with Gasteiger partial charge in [-0.15, -0.1) is 0 Å². The molecule has 0 saturated heterocycles. The van der Waals surface area contributed by atoms with Gasteiger partial charge in [0.2, 0.25) is 0 Å². The number of rotatable bonds is 3. The first-order valence-electron chi connectivity index (χ1n) is 4.80. The molecule has 5 heteroatoms. The van der Waals surface area contributed by atoms with E-state index in [9.17, 15) is 10.1 Å². The summed E-state index contributed by atoms with van der Waals surface area (Å²) in [5, 5.41) is 10.6. The van der Waals surface area contributed by atoms with E-state index in [0.717, 1.165) is 5.69 Å². The zero-order chi connectivity index (χ0) is 11.6. The van der Waals surface area contributed by atoms with Crippen LogP contribution in [0.15, 0.2) is 12.3 Å². The Hall–Kier alpha value is -1.49. The molecule has 0 amide bonds. The SMILES string of the molecule is Cc1cc(C(C)C(C)N)ncc1[N+](=O)[O-]. The molecule has 1 aromatic rings. The average molecular weight is 209 g/mol. The lowest BCUT2D eigenvalue weighted by Gasteiger charge is -2.14. The lowest BCUT2D eigenvalue weighted by atomic mass is 9.99. The Labute approximate surface area is 88.5 Å². The monoisotopic (exact) mass is 209 g/mol. The Kier molecular flexibility index (Phi) is 3.36. The Morgan fingerprint density at radius 3 is 2.53 bits per heavy atom. The molecule has 2 unspecified atom stereocenters. The predicted octanol–water partition coefficient (Wildman–Crippen LogP) is 1.75. The smallest absolute Gasteiger partial charge is 0.290 e. The first-order valence-corrected chi connectivity index (χ1v) is 4.80. The minimum Gasteiger partial charge on any atom is -0.327 e. The van der Waals surface area contributed by atoms with E-state index in [-0.39, 0.29) is 17.6 Å². The van der Waals surface area contributed by atoms with Crippen molar-refractivity contribution >= 4 is 5.69 Å². The van der Waals surface area contributed by atoms with Gasteiger partial charge in [-0.2, -0.15) is 0 Å². The van der Waals surface area contributed by atoms with Crippen LogP contribution < -0.4 is 5.73 Å². The summed E-state index contributed by atoms with van der Waals surface area (Å²) in [6.45, 7) is 5.55. The molecule has 0 aromatic carbocycles. The fraction of sp³-hybridized carbons (Fsp3) is 0.500. The zero-order valence-electron chi connectivity index (χ0n) is 9.10. The van der Waals surface area contributed by atoms with E-state index < -0.39 is 4.92 Å². The Balaban J connectivity index is 3.06. The van der Waals surface area contributed by atoms with Gasteiger partial charge in [0.05, 0.1) is 4.92 Å². The topological polar surface area (TPSA) is 82.0 Å². The number of hydrogen-bond donors (Lipinski definition) is 1. The standard InChI is InChI=1S/C10H15N3O2/c1-6-4-9(7(2)8(3)11)12-5-10(6)13(14)15/h4-5,7-8H,11H2,1-3H3. The van der Waals surface area contributed by atoms with Crippen molar-refractivity contribution in [3.8, 4) is 0 Å². The van der Waals surface area contributed by atoms with Crippen LogP contribution in [-0.4, -0.2) is 15.9 Å². The maximum absolute atomic E-state index is 10.6. The summed E-state index contributed by atoms with van der Waals surface area (Å²) in [5.41, 5.74) is 7.22. The second kappa shape index (κ2) is 4.35. The summed E-state index contributed by atoms with van der Waals surface area (Å²) in [6, 6.07) is 1.71. The van der Waals surface area contributed by atoms with E-state index in [1.54, 1.807) is 13.0 Å². The highest BCUT2D eigenvalue weighted by molar-refractivity contribution is 5.38. The minimum atomic E-state index is -0.428. The maximum atomic E-state index is 10.6. The molecule has 1 heterocycles. The number of hydrogen-bond acceptors (Lipinski definition) is 4. The van der Waals surface area contributed by atoms with Crippen LogP contribution in [0.1, 0.15) is 31.0 Å². The average Bonchev–Trinajstić information content (AvgIpc) is 2.15. The van der Waals surface area contributed by atoms with E-state index in [1.165, 1.54) is 6.20 Å². The first-order chi connectivity index (χ1) is 6.93. The van der Waals surface area contributed by atoms with Crippen molar-refractivity contribution < 1.29 is 4.92 Å². The number of nitro groups is 1. The molecule has 1 rings (SSSR count). The van der Waals surface area contributed by atoms with Gasteiger partial charge in [0.15, 0.2) is 0 Å². The summed E-state index contributed by atoms with van der Waals surface area (Å²) in [4.78, 5) is 14.2. The molecule has 0 fully saturated rings. The van der Waals surface area contributed by atoms with Crippen LogP contribution in [-0.2, 0) is 0 Å². The Bertz CT molecular complexity index is 377. The largest absolute Gasteiger partial charge is 0.327 e. The highest BCUT2D eigenvalue weighted by atomic mass is 16.6. The normalized spacial score (nSPS) is 14.7. The lowest BCUT2D eigenvalue weighted by molar-refractivity contribution is -0.385. The highest BCUT2D eigenvalue weighted by Crippen LogP contribution is 2.22. The number of nitrogens with two attached hydrogens (primary N) is 1. The van der Waals surface area contributed by atoms with Crippen molar-refractivity contribution in [2.45, 2.75) is 32.7 Å². The summed E-state index contributed by atoms with van der Waals surface area (Å²) in [6.07, 6.45) is 1.30. The van der Waals surface area contributed by atoms with Crippen molar-refractivity contribution in [1.29, 1.82) is 0 Å². The molecule has 0 saturated carbocycles. The summed E-state index contributed by atoms with van der Waals surface area (Å²) >= 11 is 0. The molecule has 0 aliphatic heterocycles. The van der Waals surface area contributed by atoms with Crippen LogP contribution in [0.25, 0.3) is 0 Å². The third-order valence-corrected chi connectivity index (χ3v) is 2.56. The molecule has 82 valence electrons. The van der Waals surface area contributed by atoms with Crippen molar-refractivity contribution in [3.05, 3.63) is 33.6 Å². The maximum Gasteiger partial charge on any atom is 0.290 e. The van der Waals surface area contributed by atoms with Crippen LogP contribution in [0.3, 0.4) is 0 Å². The van der Waals surface area contributed by atoms with Gasteiger partial charge in [0, 0.05) is 23.2 Å². The van der Waals surface area contributed by atoms with Crippen LogP contribution in [0.2, 0.25) is 0 Å².